The van der Waals surface area contributed by atoms with Crippen LogP contribution >= 0.6 is 0 Å². The first kappa shape index (κ1) is 20.2. The largest absolute Gasteiger partial charge is 0.461 e. The smallest absolute Gasteiger partial charge is 0.190 e. The van der Waals surface area contributed by atoms with Gasteiger partial charge in [0.2, 0.25) is 0 Å². The van der Waals surface area contributed by atoms with Crippen LogP contribution in [0.1, 0.15) is 61.2 Å². The minimum atomic E-state index is -0.324. The van der Waals surface area contributed by atoms with Crippen molar-refractivity contribution in [3.8, 4) is 11.5 Å². The van der Waals surface area contributed by atoms with Gasteiger partial charge in [0.15, 0.2) is 23.1 Å². The van der Waals surface area contributed by atoms with Crippen LogP contribution in [0, 0.1) is 0 Å². The van der Waals surface area contributed by atoms with E-state index in [0.29, 0.717) is 17.6 Å². The molecule has 0 saturated heterocycles. The molecule has 0 spiro atoms. The molecule has 0 saturated carbocycles. The first-order chi connectivity index (χ1) is 15.0. The van der Waals surface area contributed by atoms with Crippen molar-refractivity contribution in [3.05, 3.63) is 95.0 Å². The lowest BCUT2D eigenvalue weighted by atomic mass is 9.87. The third kappa shape index (κ3) is 3.75. The van der Waals surface area contributed by atoms with Crippen LogP contribution in [0.25, 0.3) is 0 Å². The minimum Gasteiger partial charge on any atom is -0.461 e. The summed E-state index contributed by atoms with van der Waals surface area (Å²) >= 11 is 0. The van der Waals surface area contributed by atoms with E-state index in [1.807, 2.05) is 6.92 Å². The lowest BCUT2D eigenvalue weighted by Crippen LogP contribution is -2.17. The van der Waals surface area contributed by atoms with Gasteiger partial charge in [0.25, 0.3) is 0 Å². The van der Waals surface area contributed by atoms with Gasteiger partial charge in [-0.1, -0.05) is 37.6 Å². The Balaban J connectivity index is 1.54. The molecule has 2 aromatic carbocycles. The molecule has 0 aromatic heterocycles. The van der Waals surface area contributed by atoms with Crippen molar-refractivity contribution >= 4 is 23.1 Å². The van der Waals surface area contributed by atoms with Gasteiger partial charge in [-0.2, -0.15) is 0 Å². The van der Waals surface area contributed by atoms with Gasteiger partial charge in [0.1, 0.15) is 24.0 Å². The molecule has 0 bridgehead atoms. The fourth-order valence-corrected chi connectivity index (χ4v) is 3.61. The molecule has 31 heavy (non-hydrogen) atoms. The van der Waals surface area contributed by atoms with Gasteiger partial charge in [0.05, 0.1) is 11.1 Å². The van der Waals surface area contributed by atoms with E-state index >= 15 is 0 Å². The van der Waals surface area contributed by atoms with Gasteiger partial charge in [-0.25, -0.2) is 0 Å². The van der Waals surface area contributed by atoms with Gasteiger partial charge in [-0.15, -0.1) is 0 Å². The van der Waals surface area contributed by atoms with Crippen LogP contribution in [0.2, 0.25) is 0 Å². The molecular weight excluding hydrogens is 396 g/mol. The Hall–Kier alpha value is -4.06. The summed E-state index contributed by atoms with van der Waals surface area (Å²) in [6.07, 6.45) is 7.53. The fourth-order valence-electron chi connectivity index (χ4n) is 3.61. The number of allylic oxidation sites excluding steroid dienone is 4. The first-order valence-electron chi connectivity index (χ1n) is 9.82. The summed E-state index contributed by atoms with van der Waals surface area (Å²) < 4.78 is 11.1. The number of Topliss-reactive ketones (excluding diaryl/α,β-unsaturated/α-hetero) is 1. The summed E-state index contributed by atoms with van der Waals surface area (Å²) in [5, 5.41) is 0. The molecule has 0 heterocycles. The zero-order valence-electron chi connectivity index (χ0n) is 16.7. The molecule has 154 valence electrons. The highest BCUT2D eigenvalue weighted by Gasteiger charge is 2.28. The molecule has 2 aromatic rings. The molecule has 2 aliphatic rings. The quantitative estimate of drug-likeness (QED) is 0.639. The average Bonchev–Trinajstić information content (AvgIpc) is 2.77. The van der Waals surface area contributed by atoms with E-state index in [1.165, 1.54) is 30.8 Å². The number of rotatable bonds is 6. The predicted molar refractivity (Wildman–Crippen MR) is 113 cm³/mol. The van der Waals surface area contributed by atoms with E-state index in [-0.39, 0.29) is 51.3 Å². The second-order valence-corrected chi connectivity index (χ2v) is 7.04. The maximum absolute atomic E-state index is 12.6. The zero-order valence-corrected chi connectivity index (χ0v) is 16.7. The summed E-state index contributed by atoms with van der Waals surface area (Å²) in [5.74, 6) is -0.601. The fraction of sp³-hybridized carbons (Fsp3) is 0.120. The van der Waals surface area contributed by atoms with Gasteiger partial charge < -0.3 is 9.47 Å². The highest BCUT2D eigenvalue weighted by molar-refractivity contribution is 6.25. The number of carbonyl (C=O) groups excluding carboxylic acids is 4. The Labute approximate surface area is 178 Å². The average molecular weight is 414 g/mol. The summed E-state index contributed by atoms with van der Waals surface area (Å²) in [4.78, 5) is 49.3. The number of ketones is 4. The van der Waals surface area contributed by atoms with Crippen LogP contribution in [-0.2, 0) is 0 Å². The molecule has 0 amide bonds. The number of benzene rings is 2. The standard InChI is InChI=1S/C25H18O6/c1-2-5-15-14-20(28)24-17(25(15)29)7-4-9-22(24)31-13-12-30-21-8-3-6-16-18(26)10-11-19(27)23(16)21/h3-4,6-14H,2,5H2,1H3/b13-12-. The van der Waals surface area contributed by atoms with Gasteiger partial charge in [-0.3, -0.25) is 19.2 Å². The minimum absolute atomic E-state index is 0.172. The van der Waals surface area contributed by atoms with Crippen molar-refractivity contribution in [1.29, 1.82) is 0 Å². The van der Waals surface area contributed by atoms with Crippen LogP contribution in [0.5, 0.6) is 11.5 Å². The topological polar surface area (TPSA) is 86.7 Å². The molecule has 0 N–H and O–H groups in total. The monoisotopic (exact) mass is 414 g/mol. The molecule has 6 heteroatoms. The number of fused-ring (bicyclic) bond motifs is 2. The molecule has 0 radical (unpaired) electrons. The number of carbonyl (C=O) groups is 4. The maximum Gasteiger partial charge on any atom is 0.190 e. The van der Waals surface area contributed by atoms with Crippen LogP contribution in [0.3, 0.4) is 0 Å². The Kier molecular flexibility index (Phi) is 5.45. The van der Waals surface area contributed by atoms with E-state index in [1.54, 1.807) is 36.4 Å². The maximum atomic E-state index is 12.6. The second kappa shape index (κ2) is 8.36. The van der Waals surface area contributed by atoms with Crippen LogP contribution in [0.4, 0.5) is 0 Å². The molecule has 6 nitrogen and oxygen atoms in total. The number of hydrogen-bond acceptors (Lipinski definition) is 6. The Bertz CT molecular complexity index is 1210. The van der Waals surface area contributed by atoms with Gasteiger partial charge in [0, 0.05) is 16.7 Å². The summed E-state index contributed by atoms with van der Waals surface area (Å²) in [7, 11) is 0. The molecule has 0 fully saturated rings. The van der Waals surface area contributed by atoms with Gasteiger partial charge >= 0.3 is 0 Å². The Morgan fingerprint density at radius 1 is 0.742 bits per heavy atom. The summed E-state index contributed by atoms with van der Waals surface area (Å²) in [6, 6.07) is 9.59. The number of ether oxygens (including phenoxy) is 2. The molecule has 2 aliphatic carbocycles. The van der Waals surface area contributed by atoms with Gasteiger partial charge in [-0.05, 0) is 36.8 Å². The molecule has 0 atom stereocenters. The third-order valence-electron chi connectivity index (χ3n) is 5.00. The zero-order chi connectivity index (χ0) is 22.0. The lowest BCUT2D eigenvalue weighted by Gasteiger charge is -2.17. The highest BCUT2D eigenvalue weighted by atomic mass is 16.5. The highest BCUT2D eigenvalue weighted by Crippen LogP contribution is 2.31. The van der Waals surface area contributed by atoms with E-state index < -0.39 is 0 Å². The van der Waals surface area contributed by atoms with E-state index in [4.69, 9.17) is 9.47 Å². The Morgan fingerprint density at radius 2 is 1.32 bits per heavy atom. The van der Waals surface area contributed by atoms with Crippen molar-refractivity contribution < 1.29 is 28.7 Å². The summed E-state index contributed by atoms with van der Waals surface area (Å²) in [6.45, 7) is 1.95. The van der Waals surface area contributed by atoms with E-state index in [9.17, 15) is 19.2 Å². The van der Waals surface area contributed by atoms with Crippen molar-refractivity contribution in [2.24, 2.45) is 0 Å². The van der Waals surface area contributed by atoms with Crippen molar-refractivity contribution in [2.75, 3.05) is 0 Å². The van der Waals surface area contributed by atoms with Crippen LogP contribution < -0.4 is 9.47 Å². The second-order valence-electron chi connectivity index (χ2n) is 7.04. The third-order valence-corrected chi connectivity index (χ3v) is 5.00. The summed E-state index contributed by atoms with van der Waals surface area (Å²) in [5.41, 5.74) is 1.48. The normalized spacial score (nSPS) is 15.1. The van der Waals surface area contributed by atoms with Crippen LogP contribution in [0.15, 0.2) is 72.7 Å². The number of hydrogen-bond donors (Lipinski definition) is 0. The van der Waals surface area contributed by atoms with Crippen LogP contribution in [-0.4, -0.2) is 23.1 Å². The van der Waals surface area contributed by atoms with E-state index in [2.05, 4.69) is 0 Å². The van der Waals surface area contributed by atoms with Crippen molar-refractivity contribution in [1.82, 2.24) is 0 Å². The SMILES string of the molecule is CCCC1=CC(=O)c2c(O/C=C\Oc3cccc4c3C(=O)C=CC4=O)cccc2C1=O. The van der Waals surface area contributed by atoms with Crippen molar-refractivity contribution in [2.45, 2.75) is 19.8 Å². The van der Waals surface area contributed by atoms with E-state index in [0.717, 1.165) is 6.42 Å². The predicted octanol–water partition coefficient (Wildman–Crippen LogP) is 4.66. The van der Waals surface area contributed by atoms with Crippen molar-refractivity contribution in [3.63, 3.8) is 0 Å². The lowest BCUT2D eigenvalue weighted by molar-refractivity contribution is 0.0979. The Morgan fingerprint density at radius 3 is 1.97 bits per heavy atom. The molecule has 0 aliphatic heterocycles. The molecular formula is C25H18O6. The molecule has 4 rings (SSSR count). The first-order valence-corrected chi connectivity index (χ1v) is 9.82. The molecule has 0 unspecified atom stereocenters.